The minimum Gasteiger partial charge on any atom is -0.467 e. The van der Waals surface area contributed by atoms with Crippen molar-refractivity contribution in [3.05, 3.63) is 47.4 Å². The quantitative estimate of drug-likeness (QED) is 0.605. The maximum Gasteiger partial charge on any atom is 0.331 e. The number of amides is 1. The van der Waals surface area contributed by atoms with Gasteiger partial charge in [0.15, 0.2) is 5.82 Å². The van der Waals surface area contributed by atoms with E-state index in [-0.39, 0.29) is 11.9 Å². The van der Waals surface area contributed by atoms with E-state index in [0.717, 1.165) is 12.5 Å². The smallest absolute Gasteiger partial charge is 0.331 e. The van der Waals surface area contributed by atoms with Crippen LogP contribution in [-0.2, 0) is 32.7 Å². The van der Waals surface area contributed by atoms with Crippen molar-refractivity contribution in [1.29, 1.82) is 0 Å². The Morgan fingerprint density at radius 2 is 2.09 bits per heavy atom. The summed E-state index contributed by atoms with van der Waals surface area (Å²) in [6.07, 6.45) is 6.05. The lowest BCUT2D eigenvalue weighted by molar-refractivity contribution is -0.149. The monoisotopic (exact) mass is 448 g/mol. The molecule has 1 heterocycles. The van der Waals surface area contributed by atoms with E-state index >= 15 is 0 Å². The van der Waals surface area contributed by atoms with Crippen LogP contribution in [0.1, 0.15) is 51.2 Å². The normalized spacial score (nSPS) is 16.9. The molecule has 1 aromatic carbocycles. The highest BCUT2D eigenvalue weighted by Gasteiger charge is 2.31. The molecule has 2 N–H and O–H groups in total. The van der Waals surface area contributed by atoms with Crippen molar-refractivity contribution < 1.29 is 23.1 Å². The molecule has 0 radical (unpaired) electrons. The van der Waals surface area contributed by atoms with Crippen LogP contribution in [0.25, 0.3) is 0 Å². The summed E-state index contributed by atoms with van der Waals surface area (Å²) in [5.74, 6) is -1.46. The number of anilines is 1. The summed E-state index contributed by atoms with van der Waals surface area (Å²) < 4.78 is 34.1. The van der Waals surface area contributed by atoms with Crippen molar-refractivity contribution in [1.82, 2.24) is 14.9 Å². The summed E-state index contributed by atoms with van der Waals surface area (Å²) in [5.41, 5.74) is 0.232. The maximum absolute atomic E-state index is 14.2. The predicted molar refractivity (Wildman–Crippen MR) is 116 cm³/mol. The van der Waals surface area contributed by atoms with Crippen molar-refractivity contribution in [2.24, 2.45) is 0 Å². The first-order chi connectivity index (χ1) is 15.1. The molecule has 2 unspecified atom stereocenters. The van der Waals surface area contributed by atoms with E-state index in [2.05, 4.69) is 15.6 Å². The first kappa shape index (κ1) is 23.8. The van der Waals surface area contributed by atoms with Gasteiger partial charge in [0.25, 0.3) is 0 Å². The molecule has 1 amide bonds. The van der Waals surface area contributed by atoms with Gasteiger partial charge in [-0.25, -0.2) is 18.6 Å². The molecule has 1 aromatic heterocycles. The Morgan fingerprint density at radius 3 is 2.78 bits per heavy atom. The van der Waals surface area contributed by atoms with Gasteiger partial charge in [-0.3, -0.25) is 4.79 Å². The Hall–Kier alpha value is -2.81. The number of aryl methyl sites for hydroxylation is 1. The molecule has 2 atom stereocenters. The van der Waals surface area contributed by atoms with Crippen LogP contribution >= 0.6 is 0 Å². The Bertz CT molecular complexity index is 990. The highest BCUT2D eigenvalue weighted by molar-refractivity contribution is 5.94. The van der Waals surface area contributed by atoms with Crippen molar-refractivity contribution in [3.63, 3.8) is 0 Å². The summed E-state index contributed by atoms with van der Waals surface area (Å²) in [4.78, 5) is 29.1. The number of carbonyl (C=O) groups excluding carboxylic acids is 2. The van der Waals surface area contributed by atoms with E-state index < -0.39 is 29.2 Å². The second kappa shape index (κ2) is 9.77. The zero-order valence-corrected chi connectivity index (χ0v) is 18.9. The highest BCUT2D eigenvalue weighted by Crippen LogP contribution is 2.26. The number of hydrogen-bond acceptors (Lipinski definition) is 5. The summed E-state index contributed by atoms with van der Waals surface area (Å²) in [7, 11) is 1.32. The zero-order chi connectivity index (χ0) is 23.5. The van der Waals surface area contributed by atoms with Crippen LogP contribution in [0.3, 0.4) is 0 Å². The third-order valence-corrected chi connectivity index (χ3v) is 5.96. The van der Waals surface area contributed by atoms with Crippen LogP contribution in [0.2, 0.25) is 0 Å². The molecule has 1 aliphatic rings. The molecule has 174 valence electrons. The maximum atomic E-state index is 14.2. The fourth-order valence-corrected chi connectivity index (χ4v) is 4.05. The zero-order valence-electron chi connectivity index (χ0n) is 18.9. The Labute approximate surface area is 186 Å². The Kier molecular flexibility index (Phi) is 7.28. The molecule has 2 aromatic rings. The van der Waals surface area contributed by atoms with E-state index in [1.807, 2.05) is 6.92 Å². The van der Waals surface area contributed by atoms with Crippen LogP contribution in [0, 0.1) is 11.6 Å². The van der Waals surface area contributed by atoms with E-state index in [0.29, 0.717) is 42.6 Å². The molecule has 9 heteroatoms. The van der Waals surface area contributed by atoms with Crippen LogP contribution in [0.5, 0.6) is 0 Å². The number of benzene rings is 1. The highest BCUT2D eigenvalue weighted by atomic mass is 19.1. The summed E-state index contributed by atoms with van der Waals surface area (Å²) in [5, 5.41) is 6.14. The topological polar surface area (TPSA) is 85.2 Å². The molecule has 0 fully saturated rings. The molecule has 32 heavy (non-hydrogen) atoms. The van der Waals surface area contributed by atoms with Crippen LogP contribution in [0.4, 0.5) is 14.6 Å². The van der Waals surface area contributed by atoms with Crippen molar-refractivity contribution in [2.45, 2.75) is 70.5 Å². The van der Waals surface area contributed by atoms with Gasteiger partial charge in [0.1, 0.15) is 17.2 Å². The fraction of sp³-hybridized carbons (Fsp3) is 0.522. The number of fused-ring (bicyclic) bond motifs is 1. The van der Waals surface area contributed by atoms with Gasteiger partial charge in [0.05, 0.1) is 19.5 Å². The third kappa shape index (κ3) is 5.15. The molecule has 3 rings (SSSR count). The molecule has 0 saturated heterocycles. The van der Waals surface area contributed by atoms with Crippen LogP contribution in [0.15, 0.2) is 24.7 Å². The average molecular weight is 449 g/mol. The van der Waals surface area contributed by atoms with Gasteiger partial charge in [-0.05, 0) is 56.7 Å². The summed E-state index contributed by atoms with van der Waals surface area (Å²) in [6, 6.07) is 1.70. The van der Waals surface area contributed by atoms with Gasteiger partial charge in [0.2, 0.25) is 5.91 Å². The molecule has 7 nitrogen and oxygen atoms in total. The number of nitrogens with zero attached hydrogens (tertiary/aromatic N) is 2. The van der Waals surface area contributed by atoms with E-state index in [1.54, 1.807) is 24.6 Å². The molecular formula is C23H30F2N4O3. The number of hydrogen-bond donors (Lipinski definition) is 2. The lowest BCUT2D eigenvalue weighted by Gasteiger charge is -2.29. The summed E-state index contributed by atoms with van der Waals surface area (Å²) >= 11 is 0. The lowest BCUT2D eigenvalue weighted by Crippen LogP contribution is -2.48. The van der Waals surface area contributed by atoms with Crippen molar-refractivity contribution in [2.75, 3.05) is 12.4 Å². The van der Waals surface area contributed by atoms with Gasteiger partial charge >= 0.3 is 5.97 Å². The number of imidazole rings is 1. The number of carbonyl (C=O) groups is 2. The van der Waals surface area contributed by atoms with E-state index in [9.17, 15) is 18.4 Å². The molecule has 0 bridgehead atoms. The SMILES string of the molecule is CCCC(NC1CCc2cc(F)cc(F)c2C1)C(=O)Nc1cn(C(C)(C)C(=O)OC)cn1. The van der Waals surface area contributed by atoms with Crippen molar-refractivity contribution in [3.8, 4) is 0 Å². The van der Waals surface area contributed by atoms with Gasteiger partial charge in [-0.2, -0.15) is 0 Å². The molecular weight excluding hydrogens is 418 g/mol. The molecule has 1 aliphatic carbocycles. The minimum atomic E-state index is -0.967. The molecule has 0 saturated carbocycles. The largest absolute Gasteiger partial charge is 0.467 e. The first-order valence-electron chi connectivity index (χ1n) is 10.8. The van der Waals surface area contributed by atoms with E-state index in [1.165, 1.54) is 19.5 Å². The second-order valence-corrected chi connectivity index (χ2v) is 8.68. The lowest BCUT2D eigenvalue weighted by atomic mass is 9.87. The number of nitrogens with one attached hydrogen (secondary N) is 2. The predicted octanol–water partition coefficient (Wildman–Crippen LogP) is 3.32. The number of aromatic nitrogens is 2. The minimum absolute atomic E-state index is 0.0967. The van der Waals surface area contributed by atoms with Crippen LogP contribution < -0.4 is 10.6 Å². The second-order valence-electron chi connectivity index (χ2n) is 8.68. The number of methoxy groups -OCH3 is 1. The number of halogens is 2. The third-order valence-electron chi connectivity index (χ3n) is 5.96. The number of esters is 1. The summed E-state index contributed by atoms with van der Waals surface area (Å²) in [6.45, 7) is 5.37. The van der Waals surface area contributed by atoms with Gasteiger partial charge < -0.3 is 19.9 Å². The van der Waals surface area contributed by atoms with E-state index in [4.69, 9.17) is 4.74 Å². The Morgan fingerprint density at radius 1 is 1.34 bits per heavy atom. The average Bonchev–Trinajstić information content (AvgIpc) is 3.22. The number of ether oxygens (including phenoxy) is 1. The van der Waals surface area contributed by atoms with Gasteiger partial charge in [-0.15, -0.1) is 0 Å². The standard InChI is InChI=1S/C23H30F2N4O3/c1-5-6-19(27-16-8-7-14-9-15(24)10-18(25)17(14)11-16)21(30)28-20-12-29(13-26-20)23(2,3)22(31)32-4/h9-10,12-13,16,19,27H,5-8,11H2,1-4H3,(H,28,30). The first-order valence-corrected chi connectivity index (χ1v) is 10.8. The van der Waals surface area contributed by atoms with Gasteiger partial charge in [-0.1, -0.05) is 13.3 Å². The molecule has 0 aliphatic heterocycles. The Balaban J connectivity index is 1.67. The van der Waals surface area contributed by atoms with Crippen LogP contribution in [-0.4, -0.2) is 40.6 Å². The molecule has 0 spiro atoms. The fourth-order valence-electron chi connectivity index (χ4n) is 4.05. The van der Waals surface area contributed by atoms with Crippen molar-refractivity contribution >= 4 is 17.7 Å². The number of rotatable bonds is 8. The van der Waals surface area contributed by atoms with Gasteiger partial charge in [0, 0.05) is 18.3 Å².